The van der Waals surface area contributed by atoms with Crippen LogP contribution in [0, 0.1) is 0 Å². The number of carbonyl (C=O) groups is 2. The molecule has 0 aliphatic carbocycles. The molecule has 0 N–H and O–H groups in total. The van der Waals surface area contributed by atoms with E-state index in [0.717, 1.165) is 35.6 Å². The number of hydrogen-bond donors (Lipinski definition) is 0. The number of hydrogen-bond acceptors (Lipinski definition) is 3. The molecule has 0 saturated carbocycles. The number of rotatable bonds is 5. The summed E-state index contributed by atoms with van der Waals surface area (Å²) >= 11 is 6.09. The lowest BCUT2D eigenvalue weighted by Crippen LogP contribution is -2.31. The van der Waals surface area contributed by atoms with Crippen LogP contribution in [0.5, 0.6) is 5.75 Å². The summed E-state index contributed by atoms with van der Waals surface area (Å²) in [6.07, 6.45) is -3.67. The molecule has 0 bridgehead atoms. The zero-order valence-electron chi connectivity index (χ0n) is 14.7. The standard InChI is InChI=1S/C20H15ClF3NO3/c1-2-11-28-15-9-3-12(4-10-15)16-17(21)19(27)25(18(16)26)14-7-5-13(6-8-14)20(22,23)24/h3-10H,2,11H2,1H3. The second kappa shape index (κ2) is 7.67. The summed E-state index contributed by atoms with van der Waals surface area (Å²) < 4.78 is 43.6. The van der Waals surface area contributed by atoms with Gasteiger partial charge in [0.15, 0.2) is 0 Å². The Morgan fingerprint density at radius 1 is 0.964 bits per heavy atom. The van der Waals surface area contributed by atoms with Crippen molar-refractivity contribution in [3.63, 3.8) is 0 Å². The fourth-order valence-corrected chi connectivity index (χ4v) is 3.00. The lowest BCUT2D eigenvalue weighted by molar-refractivity contribution is -0.137. The zero-order chi connectivity index (χ0) is 20.5. The molecule has 1 aliphatic heterocycles. The highest BCUT2D eigenvalue weighted by atomic mass is 35.5. The third-order valence-corrected chi connectivity index (χ3v) is 4.45. The molecule has 1 aliphatic rings. The lowest BCUT2D eigenvalue weighted by Gasteiger charge is -2.16. The summed E-state index contributed by atoms with van der Waals surface area (Å²) in [5.41, 5.74) is -0.452. The Bertz CT molecular complexity index is 935. The first kappa shape index (κ1) is 19.9. The van der Waals surface area contributed by atoms with Crippen molar-refractivity contribution in [3.8, 4) is 5.75 Å². The zero-order valence-corrected chi connectivity index (χ0v) is 15.5. The monoisotopic (exact) mass is 409 g/mol. The van der Waals surface area contributed by atoms with Crippen LogP contribution in [0.3, 0.4) is 0 Å². The van der Waals surface area contributed by atoms with Crippen LogP contribution < -0.4 is 9.64 Å². The van der Waals surface area contributed by atoms with Crippen molar-refractivity contribution in [2.75, 3.05) is 11.5 Å². The highest BCUT2D eigenvalue weighted by Crippen LogP contribution is 2.37. The average Bonchev–Trinajstić information content (AvgIpc) is 2.89. The van der Waals surface area contributed by atoms with Gasteiger partial charge in [0.25, 0.3) is 11.8 Å². The van der Waals surface area contributed by atoms with Gasteiger partial charge in [0, 0.05) is 0 Å². The minimum atomic E-state index is -4.51. The third kappa shape index (κ3) is 3.75. The van der Waals surface area contributed by atoms with Crippen LogP contribution in [0.2, 0.25) is 0 Å². The van der Waals surface area contributed by atoms with Crippen LogP contribution in [-0.2, 0) is 15.8 Å². The molecule has 0 spiro atoms. The highest BCUT2D eigenvalue weighted by molar-refractivity contribution is 6.60. The van der Waals surface area contributed by atoms with E-state index in [2.05, 4.69) is 0 Å². The van der Waals surface area contributed by atoms with Crippen molar-refractivity contribution in [1.82, 2.24) is 0 Å². The number of amides is 2. The van der Waals surface area contributed by atoms with E-state index in [9.17, 15) is 22.8 Å². The van der Waals surface area contributed by atoms with Crippen molar-refractivity contribution in [2.45, 2.75) is 19.5 Å². The topological polar surface area (TPSA) is 46.6 Å². The Balaban J connectivity index is 1.88. The minimum absolute atomic E-state index is 0.00592. The summed E-state index contributed by atoms with van der Waals surface area (Å²) in [7, 11) is 0. The van der Waals surface area contributed by atoms with Gasteiger partial charge in [0.2, 0.25) is 0 Å². The van der Waals surface area contributed by atoms with Crippen LogP contribution in [0.15, 0.2) is 53.6 Å². The molecule has 2 aromatic carbocycles. The van der Waals surface area contributed by atoms with E-state index in [0.29, 0.717) is 17.9 Å². The van der Waals surface area contributed by atoms with E-state index in [4.69, 9.17) is 16.3 Å². The van der Waals surface area contributed by atoms with E-state index >= 15 is 0 Å². The molecule has 28 heavy (non-hydrogen) atoms. The molecule has 4 nitrogen and oxygen atoms in total. The van der Waals surface area contributed by atoms with Gasteiger partial charge in [0.1, 0.15) is 10.8 Å². The van der Waals surface area contributed by atoms with Crippen molar-refractivity contribution < 1.29 is 27.5 Å². The molecule has 0 fully saturated rings. The van der Waals surface area contributed by atoms with Crippen molar-refractivity contribution in [1.29, 1.82) is 0 Å². The van der Waals surface area contributed by atoms with E-state index in [1.165, 1.54) is 0 Å². The normalized spacial score (nSPS) is 14.8. The second-order valence-corrected chi connectivity index (χ2v) is 6.43. The molecule has 0 aromatic heterocycles. The van der Waals surface area contributed by atoms with Crippen molar-refractivity contribution >= 4 is 34.7 Å². The molecule has 2 aromatic rings. The molecule has 0 radical (unpaired) electrons. The predicted octanol–water partition coefficient (Wildman–Crippen LogP) is 5.02. The third-order valence-electron chi connectivity index (χ3n) is 4.10. The maximum absolute atomic E-state index is 12.8. The molecular formula is C20H15ClF3NO3. The van der Waals surface area contributed by atoms with Crippen molar-refractivity contribution in [2.24, 2.45) is 0 Å². The van der Waals surface area contributed by atoms with Gasteiger partial charge in [-0.25, -0.2) is 4.90 Å². The molecule has 3 rings (SSSR count). The lowest BCUT2D eigenvalue weighted by atomic mass is 10.1. The largest absolute Gasteiger partial charge is 0.494 e. The first-order valence-corrected chi connectivity index (χ1v) is 8.81. The van der Waals surface area contributed by atoms with Gasteiger partial charge < -0.3 is 4.74 Å². The molecular weight excluding hydrogens is 395 g/mol. The van der Waals surface area contributed by atoms with Crippen LogP contribution in [0.1, 0.15) is 24.5 Å². The van der Waals surface area contributed by atoms with Gasteiger partial charge >= 0.3 is 6.18 Å². The van der Waals surface area contributed by atoms with Crippen LogP contribution in [0.4, 0.5) is 18.9 Å². The number of imide groups is 1. The summed E-state index contributed by atoms with van der Waals surface area (Å²) in [6.45, 7) is 2.51. The van der Waals surface area contributed by atoms with Gasteiger partial charge in [0.05, 0.1) is 23.4 Å². The van der Waals surface area contributed by atoms with Crippen molar-refractivity contribution in [3.05, 3.63) is 64.7 Å². The first-order valence-electron chi connectivity index (χ1n) is 8.43. The Morgan fingerprint density at radius 2 is 1.57 bits per heavy atom. The first-order chi connectivity index (χ1) is 13.2. The smallest absolute Gasteiger partial charge is 0.416 e. The Morgan fingerprint density at radius 3 is 2.11 bits per heavy atom. The predicted molar refractivity (Wildman–Crippen MR) is 98.9 cm³/mol. The number of benzene rings is 2. The molecule has 1 heterocycles. The van der Waals surface area contributed by atoms with Gasteiger partial charge in [-0.1, -0.05) is 30.7 Å². The van der Waals surface area contributed by atoms with E-state index in [-0.39, 0.29) is 16.3 Å². The summed E-state index contributed by atoms with van der Waals surface area (Å²) in [5.74, 6) is -0.872. The summed E-state index contributed by atoms with van der Waals surface area (Å²) in [6, 6.07) is 10.2. The van der Waals surface area contributed by atoms with E-state index < -0.39 is 23.6 Å². The number of nitrogens with zero attached hydrogens (tertiary/aromatic N) is 1. The molecule has 8 heteroatoms. The molecule has 2 amide bonds. The maximum Gasteiger partial charge on any atom is 0.416 e. The molecule has 0 saturated heterocycles. The number of halogens is 4. The molecule has 0 atom stereocenters. The van der Waals surface area contributed by atoms with E-state index in [1.807, 2.05) is 6.92 Å². The SMILES string of the molecule is CCCOc1ccc(C2=C(Cl)C(=O)N(c3ccc(C(F)(F)F)cc3)C2=O)cc1. The van der Waals surface area contributed by atoms with E-state index in [1.54, 1.807) is 24.3 Å². The van der Waals surface area contributed by atoms with Crippen LogP contribution >= 0.6 is 11.6 Å². The molecule has 0 unspecified atom stereocenters. The Labute approximate surface area is 164 Å². The second-order valence-electron chi connectivity index (χ2n) is 6.05. The number of ether oxygens (including phenoxy) is 1. The van der Waals surface area contributed by atoms with Gasteiger partial charge in [-0.15, -0.1) is 0 Å². The minimum Gasteiger partial charge on any atom is -0.494 e. The number of anilines is 1. The number of alkyl halides is 3. The molecule has 146 valence electrons. The quantitative estimate of drug-likeness (QED) is 0.651. The van der Waals surface area contributed by atoms with Crippen LogP contribution in [0.25, 0.3) is 5.57 Å². The van der Waals surface area contributed by atoms with Gasteiger partial charge in [-0.3, -0.25) is 9.59 Å². The number of carbonyl (C=O) groups excluding carboxylic acids is 2. The van der Waals surface area contributed by atoms with Crippen LogP contribution in [-0.4, -0.2) is 18.4 Å². The van der Waals surface area contributed by atoms with Gasteiger partial charge in [-0.05, 0) is 48.4 Å². The average molecular weight is 410 g/mol. The summed E-state index contributed by atoms with van der Waals surface area (Å²) in [4.78, 5) is 26.0. The maximum atomic E-state index is 12.8. The fourth-order valence-electron chi connectivity index (χ4n) is 2.72. The van der Waals surface area contributed by atoms with Gasteiger partial charge in [-0.2, -0.15) is 13.2 Å². The summed E-state index contributed by atoms with van der Waals surface area (Å²) in [5, 5.41) is -0.285. The fraction of sp³-hybridized carbons (Fsp3) is 0.200. The Kier molecular flexibility index (Phi) is 5.47. The Hall–Kier alpha value is -2.80. The highest BCUT2D eigenvalue weighted by Gasteiger charge is 2.39.